The summed E-state index contributed by atoms with van der Waals surface area (Å²) in [5.74, 6) is 0.714. The number of aromatic nitrogens is 2. The zero-order chi connectivity index (χ0) is 32.0. The number of nitriles is 1. The van der Waals surface area contributed by atoms with Gasteiger partial charge in [0.05, 0.1) is 23.0 Å². The molecule has 222 valence electrons. The van der Waals surface area contributed by atoms with E-state index in [9.17, 15) is 5.26 Å². The number of rotatable bonds is 5. The van der Waals surface area contributed by atoms with E-state index in [4.69, 9.17) is 9.97 Å². The first kappa shape index (κ1) is 28.4. The molecule has 0 aliphatic heterocycles. The molecular weight excluding hydrogens is 571 g/mol. The molecule has 0 fully saturated rings. The molecule has 3 nitrogen and oxygen atoms in total. The lowest BCUT2D eigenvalue weighted by atomic mass is 9.81. The lowest BCUT2D eigenvalue weighted by molar-refractivity contribution is 0.660. The van der Waals surface area contributed by atoms with E-state index in [1.165, 1.54) is 22.3 Å². The van der Waals surface area contributed by atoms with Gasteiger partial charge in [0.1, 0.15) is 0 Å². The lowest BCUT2D eigenvalue weighted by Gasteiger charge is -2.22. The maximum absolute atomic E-state index is 9.78. The van der Waals surface area contributed by atoms with Crippen molar-refractivity contribution in [2.75, 3.05) is 0 Å². The fourth-order valence-corrected chi connectivity index (χ4v) is 6.82. The maximum atomic E-state index is 9.78. The average molecular weight is 602 g/mol. The number of benzene rings is 6. The molecule has 0 saturated heterocycles. The van der Waals surface area contributed by atoms with Crippen molar-refractivity contribution >= 4 is 0 Å². The molecule has 1 aliphatic rings. The largest absolute Gasteiger partial charge is 0.228 e. The van der Waals surface area contributed by atoms with Gasteiger partial charge in [-0.2, -0.15) is 5.26 Å². The fraction of sp³-hybridized carbons (Fsp3) is 0.0682. The van der Waals surface area contributed by atoms with Gasteiger partial charge in [0.25, 0.3) is 0 Å². The van der Waals surface area contributed by atoms with Crippen molar-refractivity contribution in [1.29, 1.82) is 5.26 Å². The summed E-state index contributed by atoms with van der Waals surface area (Å²) < 4.78 is 0. The number of fused-ring (bicyclic) bond motifs is 3. The quantitative estimate of drug-likeness (QED) is 0.197. The van der Waals surface area contributed by atoms with Gasteiger partial charge in [0, 0.05) is 27.7 Å². The highest BCUT2D eigenvalue weighted by molar-refractivity contribution is 5.87. The van der Waals surface area contributed by atoms with E-state index in [0.717, 1.165) is 55.9 Å². The first-order valence-corrected chi connectivity index (χ1v) is 15.9. The summed E-state index contributed by atoms with van der Waals surface area (Å²) in [6, 6.07) is 55.0. The van der Waals surface area contributed by atoms with Crippen LogP contribution in [0.1, 0.15) is 30.5 Å². The highest BCUT2D eigenvalue weighted by Crippen LogP contribution is 2.50. The molecule has 1 aromatic heterocycles. The van der Waals surface area contributed by atoms with E-state index in [2.05, 4.69) is 111 Å². The first-order chi connectivity index (χ1) is 23.0. The highest BCUT2D eigenvalue weighted by Gasteiger charge is 2.36. The van der Waals surface area contributed by atoms with Gasteiger partial charge in [0.15, 0.2) is 5.82 Å². The Hall–Kier alpha value is -6.11. The Morgan fingerprint density at radius 3 is 1.57 bits per heavy atom. The van der Waals surface area contributed by atoms with Crippen molar-refractivity contribution in [3.63, 3.8) is 0 Å². The van der Waals surface area contributed by atoms with Gasteiger partial charge in [0.2, 0.25) is 0 Å². The van der Waals surface area contributed by atoms with Crippen LogP contribution in [0, 0.1) is 11.3 Å². The van der Waals surface area contributed by atoms with E-state index in [1.807, 2.05) is 60.7 Å². The molecule has 0 atom stereocenters. The van der Waals surface area contributed by atoms with Crippen LogP contribution in [-0.4, -0.2) is 9.97 Å². The summed E-state index contributed by atoms with van der Waals surface area (Å²) in [6.45, 7) is 4.50. The van der Waals surface area contributed by atoms with Crippen molar-refractivity contribution in [2.24, 2.45) is 0 Å². The summed E-state index contributed by atoms with van der Waals surface area (Å²) in [5.41, 5.74) is 14.9. The topological polar surface area (TPSA) is 49.6 Å². The summed E-state index contributed by atoms with van der Waals surface area (Å²) in [6.07, 6.45) is 0. The van der Waals surface area contributed by atoms with Crippen molar-refractivity contribution in [3.05, 3.63) is 168 Å². The molecule has 0 radical (unpaired) electrons. The fourth-order valence-electron chi connectivity index (χ4n) is 6.82. The Kier molecular flexibility index (Phi) is 6.85. The smallest absolute Gasteiger partial charge is 0.160 e. The normalized spacial score (nSPS) is 12.6. The van der Waals surface area contributed by atoms with Crippen LogP contribution in [0.15, 0.2) is 152 Å². The van der Waals surface area contributed by atoms with E-state index in [1.54, 1.807) is 0 Å². The SMILES string of the molecule is CC1(C)c2cc(-c3ccc(-c4ccc(-c5cc(-c6ccccc6)nc(-c6ccccc6)n5)cc4)cc3)ccc2-c2c(C#N)cccc21. The van der Waals surface area contributed by atoms with Crippen LogP contribution in [-0.2, 0) is 5.41 Å². The average Bonchev–Trinajstić information content (AvgIpc) is 3.38. The van der Waals surface area contributed by atoms with Gasteiger partial charge >= 0.3 is 0 Å². The van der Waals surface area contributed by atoms with E-state index >= 15 is 0 Å². The molecule has 1 heterocycles. The van der Waals surface area contributed by atoms with Gasteiger partial charge in [-0.15, -0.1) is 0 Å². The Morgan fingerprint density at radius 1 is 0.468 bits per heavy atom. The summed E-state index contributed by atoms with van der Waals surface area (Å²) >= 11 is 0. The Balaban J connectivity index is 1.09. The van der Waals surface area contributed by atoms with Crippen LogP contribution < -0.4 is 0 Å². The Labute approximate surface area is 275 Å². The predicted octanol–water partition coefficient (Wildman–Crippen LogP) is 11.0. The molecule has 7 aromatic rings. The zero-order valence-electron chi connectivity index (χ0n) is 26.3. The van der Waals surface area contributed by atoms with Crippen LogP contribution >= 0.6 is 0 Å². The number of nitrogens with zero attached hydrogens (tertiary/aromatic N) is 3. The monoisotopic (exact) mass is 601 g/mol. The lowest BCUT2D eigenvalue weighted by Crippen LogP contribution is -2.15. The molecule has 0 amide bonds. The second-order valence-corrected chi connectivity index (χ2v) is 12.6. The molecule has 0 bridgehead atoms. The minimum atomic E-state index is -0.164. The molecular formula is C44H31N3. The van der Waals surface area contributed by atoms with Crippen LogP contribution in [0.4, 0.5) is 0 Å². The van der Waals surface area contributed by atoms with E-state index in [-0.39, 0.29) is 5.41 Å². The van der Waals surface area contributed by atoms with Crippen molar-refractivity contribution in [3.8, 4) is 73.4 Å². The van der Waals surface area contributed by atoms with Gasteiger partial charge in [-0.25, -0.2) is 9.97 Å². The molecule has 1 aliphatic carbocycles. The minimum Gasteiger partial charge on any atom is -0.228 e. The molecule has 8 rings (SSSR count). The second kappa shape index (κ2) is 11.4. The first-order valence-electron chi connectivity index (χ1n) is 15.9. The molecule has 0 N–H and O–H groups in total. The molecule has 0 unspecified atom stereocenters. The standard InChI is InChI=1S/C44H31N3/c1-44(2)38-15-9-14-36(28-45)42(38)37-25-24-35(26-39(37)44)31-18-16-29(17-19-31)30-20-22-33(23-21-30)41-27-40(32-10-5-3-6-11-32)46-43(47-41)34-12-7-4-8-13-34/h3-27H,1-2H3. The second-order valence-electron chi connectivity index (χ2n) is 12.6. The third-order valence-corrected chi connectivity index (χ3v) is 9.38. The van der Waals surface area contributed by atoms with Crippen LogP contribution in [0.25, 0.3) is 67.3 Å². The van der Waals surface area contributed by atoms with Crippen LogP contribution in [0.2, 0.25) is 0 Å². The highest BCUT2D eigenvalue weighted by atomic mass is 14.9. The van der Waals surface area contributed by atoms with Crippen molar-refractivity contribution in [2.45, 2.75) is 19.3 Å². The Morgan fingerprint density at radius 2 is 0.979 bits per heavy atom. The third-order valence-electron chi connectivity index (χ3n) is 9.38. The Bertz CT molecular complexity index is 2240. The minimum absolute atomic E-state index is 0.164. The third kappa shape index (κ3) is 5.01. The zero-order valence-corrected chi connectivity index (χ0v) is 26.3. The molecule has 0 spiro atoms. The molecule has 47 heavy (non-hydrogen) atoms. The molecule has 3 heteroatoms. The van der Waals surface area contributed by atoms with E-state index in [0.29, 0.717) is 5.82 Å². The summed E-state index contributed by atoms with van der Waals surface area (Å²) in [4.78, 5) is 9.90. The molecule has 0 saturated carbocycles. The van der Waals surface area contributed by atoms with Crippen molar-refractivity contribution < 1.29 is 0 Å². The van der Waals surface area contributed by atoms with Gasteiger partial charge in [-0.3, -0.25) is 0 Å². The van der Waals surface area contributed by atoms with E-state index < -0.39 is 0 Å². The molecule has 6 aromatic carbocycles. The van der Waals surface area contributed by atoms with Crippen molar-refractivity contribution in [1.82, 2.24) is 9.97 Å². The van der Waals surface area contributed by atoms with Gasteiger partial charge in [-0.1, -0.05) is 147 Å². The summed E-state index contributed by atoms with van der Waals surface area (Å²) in [5, 5.41) is 9.78. The number of hydrogen-bond acceptors (Lipinski definition) is 3. The predicted molar refractivity (Wildman–Crippen MR) is 191 cm³/mol. The van der Waals surface area contributed by atoms with Gasteiger partial charge < -0.3 is 0 Å². The van der Waals surface area contributed by atoms with Gasteiger partial charge in [-0.05, 0) is 57.1 Å². The maximum Gasteiger partial charge on any atom is 0.160 e. The van der Waals surface area contributed by atoms with Crippen LogP contribution in [0.3, 0.4) is 0 Å². The summed E-state index contributed by atoms with van der Waals surface area (Å²) in [7, 11) is 0. The number of hydrogen-bond donors (Lipinski definition) is 0. The van der Waals surface area contributed by atoms with Crippen LogP contribution in [0.5, 0.6) is 0 Å².